The fraction of sp³-hybridized carbons (Fsp3) is 0.444. The predicted molar refractivity (Wildman–Crippen MR) is 137 cm³/mol. The highest BCUT2D eigenvalue weighted by molar-refractivity contribution is 6.42. The lowest BCUT2D eigenvalue weighted by Gasteiger charge is -2.55. The number of aromatic hydroxyl groups is 1. The summed E-state index contributed by atoms with van der Waals surface area (Å²) in [6.07, 6.45) is 4.64. The van der Waals surface area contributed by atoms with E-state index in [1.165, 1.54) is 0 Å². The molecule has 1 amide bonds. The van der Waals surface area contributed by atoms with Crippen molar-refractivity contribution in [2.75, 3.05) is 26.7 Å². The molecule has 2 aromatic carbocycles. The van der Waals surface area contributed by atoms with Gasteiger partial charge < -0.3 is 15.2 Å². The van der Waals surface area contributed by atoms with E-state index in [9.17, 15) is 9.90 Å². The Bertz CT molecular complexity index is 1050. The standard InChI is InChI=1S/C27H32Cl2N2O3/c1-3-10-31-11-9-27(19-5-4-6-21(32)14-19)16-20(15-25(34-2)22(27)17-31)30-26(33)13-18-7-8-23(28)24(29)12-18/h3-8,12,14,20,22,25,32H,1,9-11,13,15-17H2,2H3,(H,30,33)/t20-,22+,25?,27+/m1/s1. The number of likely N-dealkylation sites (tertiary alicyclic amines) is 1. The Hall–Kier alpha value is -2.05. The number of ether oxygens (including phenoxy) is 1. The minimum atomic E-state index is -0.198. The molecule has 1 saturated heterocycles. The summed E-state index contributed by atoms with van der Waals surface area (Å²) in [6, 6.07) is 12.8. The van der Waals surface area contributed by atoms with Crippen LogP contribution in [0.5, 0.6) is 5.75 Å². The zero-order chi connectivity index (χ0) is 24.3. The van der Waals surface area contributed by atoms with Gasteiger partial charge in [0, 0.05) is 37.6 Å². The number of amides is 1. The molecule has 2 fully saturated rings. The number of rotatable bonds is 7. The second-order valence-corrected chi connectivity index (χ2v) is 10.3. The molecule has 4 atom stereocenters. The Balaban J connectivity index is 1.58. The molecule has 1 aliphatic carbocycles. The Morgan fingerprint density at radius 3 is 2.82 bits per heavy atom. The number of carbonyl (C=O) groups is 1. The van der Waals surface area contributed by atoms with E-state index < -0.39 is 0 Å². The summed E-state index contributed by atoms with van der Waals surface area (Å²) in [7, 11) is 1.75. The molecule has 182 valence electrons. The average molecular weight is 503 g/mol. The van der Waals surface area contributed by atoms with E-state index in [0.29, 0.717) is 10.0 Å². The van der Waals surface area contributed by atoms with Crippen molar-refractivity contribution in [1.29, 1.82) is 0 Å². The Kier molecular flexibility index (Phi) is 7.88. The summed E-state index contributed by atoms with van der Waals surface area (Å²) in [4.78, 5) is 15.4. The average Bonchev–Trinajstić information content (AvgIpc) is 2.81. The number of carbonyl (C=O) groups excluding carboxylic acids is 1. The van der Waals surface area contributed by atoms with Crippen LogP contribution in [0.4, 0.5) is 0 Å². The number of hydrogen-bond donors (Lipinski definition) is 2. The molecule has 1 heterocycles. The van der Waals surface area contributed by atoms with Gasteiger partial charge in [0.15, 0.2) is 0 Å². The van der Waals surface area contributed by atoms with Gasteiger partial charge in [0.05, 0.1) is 22.6 Å². The summed E-state index contributed by atoms with van der Waals surface area (Å²) in [5.41, 5.74) is 1.74. The third-order valence-electron chi connectivity index (χ3n) is 7.44. The predicted octanol–water partition coefficient (Wildman–Crippen LogP) is 4.98. The lowest BCUT2D eigenvalue weighted by Crippen LogP contribution is -2.61. The molecule has 4 rings (SSSR count). The van der Waals surface area contributed by atoms with E-state index >= 15 is 0 Å². The third kappa shape index (κ3) is 5.28. The van der Waals surface area contributed by atoms with Crippen LogP contribution in [-0.2, 0) is 21.4 Å². The van der Waals surface area contributed by atoms with E-state index in [0.717, 1.165) is 50.0 Å². The first-order valence-electron chi connectivity index (χ1n) is 11.7. The van der Waals surface area contributed by atoms with Gasteiger partial charge in [-0.3, -0.25) is 9.69 Å². The minimum absolute atomic E-state index is 0.0148. The van der Waals surface area contributed by atoms with Crippen LogP contribution in [0.15, 0.2) is 55.1 Å². The van der Waals surface area contributed by atoms with Crippen LogP contribution in [0.3, 0.4) is 0 Å². The number of fused-ring (bicyclic) bond motifs is 1. The van der Waals surface area contributed by atoms with E-state index in [-0.39, 0.29) is 41.6 Å². The van der Waals surface area contributed by atoms with Gasteiger partial charge in [0.2, 0.25) is 5.91 Å². The summed E-state index contributed by atoms with van der Waals surface area (Å²) in [6.45, 7) is 6.57. The first-order chi connectivity index (χ1) is 16.3. The van der Waals surface area contributed by atoms with Crippen LogP contribution in [0, 0.1) is 5.92 Å². The summed E-state index contributed by atoms with van der Waals surface area (Å²) in [5.74, 6) is 0.460. The van der Waals surface area contributed by atoms with Gasteiger partial charge in [-0.05, 0) is 61.2 Å². The zero-order valence-corrected chi connectivity index (χ0v) is 21.0. The van der Waals surface area contributed by atoms with Gasteiger partial charge in [-0.1, -0.05) is 47.5 Å². The number of nitrogens with one attached hydrogen (secondary N) is 1. The van der Waals surface area contributed by atoms with Crippen molar-refractivity contribution in [3.8, 4) is 5.75 Å². The van der Waals surface area contributed by atoms with Gasteiger partial charge in [-0.15, -0.1) is 6.58 Å². The van der Waals surface area contributed by atoms with E-state index in [4.69, 9.17) is 27.9 Å². The first-order valence-corrected chi connectivity index (χ1v) is 12.5. The smallest absolute Gasteiger partial charge is 0.224 e. The molecule has 34 heavy (non-hydrogen) atoms. The zero-order valence-electron chi connectivity index (χ0n) is 19.5. The molecular formula is C27H32Cl2N2O3. The van der Waals surface area contributed by atoms with Crippen molar-refractivity contribution in [1.82, 2.24) is 10.2 Å². The number of phenols is 1. The Morgan fingerprint density at radius 2 is 2.12 bits per heavy atom. The third-order valence-corrected chi connectivity index (χ3v) is 8.18. The van der Waals surface area contributed by atoms with Gasteiger partial charge in [-0.2, -0.15) is 0 Å². The fourth-order valence-corrected chi connectivity index (χ4v) is 6.23. The lowest BCUT2D eigenvalue weighted by atomic mass is 9.57. The maximum absolute atomic E-state index is 13.0. The highest BCUT2D eigenvalue weighted by Gasteiger charge is 2.52. The first kappa shape index (κ1) is 25.1. The second kappa shape index (κ2) is 10.7. The molecule has 0 aromatic heterocycles. The minimum Gasteiger partial charge on any atom is -0.508 e. The fourth-order valence-electron chi connectivity index (χ4n) is 5.91. The van der Waals surface area contributed by atoms with Crippen molar-refractivity contribution in [3.63, 3.8) is 0 Å². The van der Waals surface area contributed by atoms with Crippen LogP contribution < -0.4 is 5.32 Å². The topological polar surface area (TPSA) is 61.8 Å². The van der Waals surface area contributed by atoms with Crippen molar-refractivity contribution in [2.24, 2.45) is 5.92 Å². The highest BCUT2D eigenvalue weighted by Crippen LogP contribution is 2.50. The quantitative estimate of drug-likeness (QED) is 0.524. The number of methoxy groups -OCH3 is 1. The number of benzene rings is 2. The summed E-state index contributed by atoms with van der Waals surface area (Å²) >= 11 is 12.1. The molecule has 2 aromatic rings. The van der Waals surface area contributed by atoms with Crippen molar-refractivity contribution in [3.05, 3.63) is 76.3 Å². The molecule has 1 saturated carbocycles. The summed E-state index contributed by atoms with van der Waals surface area (Å²) in [5, 5.41) is 14.4. The van der Waals surface area contributed by atoms with E-state index in [1.54, 1.807) is 25.3 Å². The SMILES string of the molecule is C=CCN1CC[C@@]2(c3cccc(O)c3)C[C@H](NC(=O)Cc3ccc(Cl)c(Cl)c3)CC(OC)[C@@H]2C1. The number of nitrogens with zero attached hydrogens (tertiary/aromatic N) is 1. The van der Waals surface area contributed by atoms with Gasteiger partial charge in [0.1, 0.15) is 5.75 Å². The van der Waals surface area contributed by atoms with Crippen molar-refractivity contribution >= 4 is 29.1 Å². The Morgan fingerprint density at radius 1 is 1.29 bits per heavy atom. The van der Waals surface area contributed by atoms with Crippen LogP contribution >= 0.6 is 23.2 Å². The molecule has 2 N–H and O–H groups in total. The number of halogens is 2. The van der Waals surface area contributed by atoms with Crippen LogP contribution in [0.2, 0.25) is 10.0 Å². The molecule has 2 aliphatic rings. The number of piperidine rings is 1. The monoisotopic (exact) mass is 502 g/mol. The number of hydrogen-bond acceptors (Lipinski definition) is 4. The van der Waals surface area contributed by atoms with Crippen LogP contribution in [0.25, 0.3) is 0 Å². The van der Waals surface area contributed by atoms with E-state index in [1.807, 2.05) is 24.3 Å². The molecule has 1 aliphatic heterocycles. The van der Waals surface area contributed by atoms with Crippen molar-refractivity contribution < 1.29 is 14.6 Å². The van der Waals surface area contributed by atoms with Crippen LogP contribution in [-0.4, -0.2) is 54.8 Å². The Labute approximate surface area is 211 Å². The largest absolute Gasteiger partial charge is 0.508 e. The van der Waals surface area contributed by atoms with Gasteiger partial charge in [-0.25, -0.2) is 0 Å². The van der Waals surface area contributed by atoms with Crippen LogP contribution in [0.1, 0.15) is 30.4 Å². The lowest BCUT2D eigenvalue weighted by molar-refractivity contribution is -0.123. The molecule has 5 nitrogen and oxygen atoms in total. The highest BCUT2D eigenvalue weighted by atomic mass is 35.5. The maximum atomic E-state index is 13.0. The van der Waals surface area contributed by atoms with Crippen molar-refractivity contribution in [2.45, 2.75) is 43.2 Å². The molecule has 7 heteroatoms. The maximum Gasteiger partial charge on any atom is 0.224 e. The van der Waals surface area contributed by atoms with Gasteiger partial charge in [0.25, 0.3) is 0 Å². The van der Waals surface area contributed by atoms with E-state index in [2.05, 4.69) is 22.9 Å². The molecule has 0 spiro atoms. The molecular weight excluding hydrogens is 471 g/mol. The number of phenolic OH excluding ortho intramolecular Hbond substituents is 1. The summed E-state index contributed by atoms with van der Waals surface area (Å²) < 4.78 is 6.02. The normalized spacial score (nSPS) is 27.1. The van der Waals surface area contributed by atoms with Gasteiger partial charge >= 0.3 is 0 Å². The molecule has 0 radical (unpaired) electrons. The molecule has 0 bridgehead atoms. The molecule has 1 unspecified atom stereocenters. The second-order valence-electron chi connectivity index (χ2n) is 9.51.